The van der Waals surface area contributed by atoms with E-state index < -0.39 is 18.4 Å². The van der Waals surface area contributed by atoms with Crippen LogP contribution in [-0.4, -0.2) is 34.8 Å². The minimum Gasteiger partial charge on any atom is -0.378 e. The van der Waals surface area contributed by atoms with Crippen LogP contribution in [0.4, 0.5) is 13.2 Å². The number of hydrogen-bond donors (Lipinski definition) is 0. The van der Waals surface area contributed by atoms with Crippen LogP contribution in [0.1, 0.15) is 24.6 Å². The molecule has 1 aromatic heterocycles. The lowest BCUT2D eigenvalue weighted by Gasteiger charge is -2.04. The topological polar surface area (TPSA) is 65.2 Å². The van der Waals surface area contributed by atoms with Gasteiger partial charge in [0, 0.05) is 13.0 Å². The largest absolute Gasteiger partial charge is 0.450 e. The Morgan fingerprint density at radius 1 is 1.44 bits per heavy atom. The molecule has 8 heteroatoms. The lowest BCUT2D eigenvalue weighted by atomic mass is 10.2. The third-order valence-corrected chi connectivity index (χ3v) is 2.57. The Morgan fingerprint density at radius 3 is 2.83 bits per heavy atom. The molecule has 1 saturated heterocycles. The van der Waals surface area contributed by atoms with Gasteiger partial charge in [0.15, 0.2) is 5.82 Å². The molecule has 2 rings (SSSR count). The Kier molecular flexibility index (Phi) is 3.65. The van der Waals surface area contributed by atoms with Crippen LogP contribution >= 0.6 is 0 Å². The zero-order chi connectivity index (χ0) is 13.2. The van der Waals surface area contributed by atoms with E-state index in [1.54, 1.807) is 0 Å². The summed E-state index contributed by atoms with van der Waals surface area (Å²) in [5.74, 6) is -1.94. The first-order valence-corrected chi connectivity index (χ1v) is 5.48. The zero-order valence-corrected chi connectivity index (χ0v) is 9.37. The Hall–Kier alpha value is -1.44. The maximum atomic E-state index is 12.0. The molecule has 1 fully saturated rings. The Bertz CT molecular complexity index is 424. The van der Waals surface area contributed by atoms with Crippen LogP contribution < -0.4 is 0 Å². The van der Waals surface area contributed by atoms with Gasteiger partial charge in [-0.1, -0.05) is 5.16 Å². The summed E-state index contributed by atoms with van der Waals surface area (Å²) in [5.41, 5.74) is 0. The minimum atomic E-state index is -4.87. The highest BCUT2D eigenvalue weighted by molar-refractivity contribution is 5.85. The van der Waals surface area contributed by atoms with Crippen molar-refractivity contribution in [1.29, 1.82) is 0 Å². The molecular weight excluding hydrogens is 253 g/mol. The van der Waals surface area contributed by atoms with E-state index >= 15 is 0 Å². The van der Waals surface area contributed by atoms with Crippen molar-refractivity contribution in [1.82, 2.24) is 10.1 Å². The van der Waals surface area contributed by atoms with E-state index in [2.05, 4.69) is 14.7 Å². The van der Waals surface area contributed by atoms with E-state index in [4.69, 9.17) is 4.74 Å². The van der Waals surface area contributed by atoms with Gasteiger partial charge in [0.1, 0.15) is 0 Å². The molecule has 0 N–H and O–H groups in total. The van der Waals surface area contributed by atoms with Gasteiger partial charge in [0.25, 0.3) is 0 Å². The maximum Gasteiger partial charge on any atom is 0.450 e. The molecule has 18 heavy (non-hydrogen) atoms. The third-order valence-electron chi connectivity index (χ3n) is 2.57. The highest BCUT2D eigenvalue weighted by Gasteiger charge is 2.39. The zero-order valence-electron chi connectivity index (χ0n) is 9.37. The van der Waals surface area contributed by atoms with Gasteiger partial charge >= 0.3 is 6.18 Å². The first kappa shape index (κ1) is 13.0. The van der Waals surface area contributed by atoms with Crippen molar-refractivity contribution < 1.29 is 27.2 Å². The molecule has 0 aromatic carbocycles. The summed E-state index contributed by atoms with van der Waals surface area (Å²) in [5, 5.41) is 3.53. The molecule has 5 nitrogen and oxygen atoms in total. The lowest BCUT2D eigenvalue weighted by Crippen LogP contribution is -2.24. The van der Waals surface area contributed by atoms with Gasteiger partial charge < -0.3 is 9.26 Å². The number of hydrogen-bond acceptors (Lipinski definition) is 5. The molecule has 0 bridgehead atoms. The fourth-order valence-corrected chi connectivity index (χ4v) is 1.69. The molecule has 100 valence electrons. The second kappa shape index (κ2) is 5.05. The van der Waals surface area contributed by atoms with Crippen molar-refractivity contribution in [2.45, 2.75) is 38.0 Å². The molecule has 0 aliphatic carbocycles. The predicted octanol–water partition coefficient (Wildman–Crippen LogP) is 1.47. The van der Waals surface area contributed by atoms with E-state index in [0.29, 0.717) is 13.0 Å². The monoisotopic (exact) mass is 264 g/mol. The smallest absolute Gasteiger partial charge is 0.378 e. The van der Waals surface area contributed by atoms with Crippen LogP contribution in [0.25, 0.3) is 0 Å². The molecule has 0 spiro atoms. The normalized spacial score (nSPS) is 20.3. The van der Waals surface area contributed by atoms with Crippen molar-refractivity contribution in [3.05, 3.63) is 11.7 Å². The highest BCUT2D eigenvalue weighted by Crippen LogP contribution is 2.19. The van der Waals surface area contributed by atoms with Crippen molar-refractivity contribution in [2.24, 2.45) is 0 Å². The van der Waals surface area contributed by atoms with Crippen molar-refractivity contribution in [3.63, 3.8) is 0 Å². The fourth-order valence-electron chi connectivity index (χ4n) is 1.69. The van der Waals surface area contributed by atoms with Gasteiger partial charge in [-0.2, -0.15) is 18.2 Å². The standard InChI is InChI=1S/C10H11F3N2O3/c11-10(12,13)7(16)5-9-14-8(15-18-9)4-6-2-1-3-17-6/h6H,1-5H2. The quantitative estimate of drug-likeness (QED) is 0.823. The molecule has 1 atom stereocenters. The number of alkyl halides is 3. The van der Waals surface area contributed by atoms with Gasteiger partial charge in [-0.3, -0.25) is 4.79 Å². The number of carbonyl (C=O) groups is 1. The van der Waals surface area contributed by atoms with Crippen LogP contribution in [0.5, 0.6) is 0 Å². The SMILES string of the molecule is O=C(Cc1nc(CC2CCCO2)no1)C(F)(F)F. The molecule has 1 unspecified atom stereocenters. The molecule has 0 saturated carbocycles. The van der Waals surface area contributed by atoms with E-state index in [-0.39, 0.29) is 17.8 Å². The Balaban J connectivity index is 1.91. The van der Waals surface area contributed by atoms with Crippen LogP contribution in [0.15, 0.2) is 4.52 Å². The van der Waals surface area contributed by atoms with Crippen LogP contribution in [0.3, 0.4) is 0 Å². The van der Waals surface area contributed by atoms with Crippen LogP contribution in [0, 0.1) is 0 Å². The summed E-state index contributed by atoms with van der Waals surface area (Å²) in [7, 11) is 0. The third kappa shape index (κ3) is 3.28. The number of carbonyl (C=O) groups excluding carboxylic acids is 1. The predicted molar refractivity (Wildman–Crippen MR) is 51.7 cm³/mol. The number of rotatable bonds is 4. The number of halogens is 3. The molecule has 2 heterocycles. The first-order chi connectivity index (χ1) is 8.45. The second-order valence-electron chi connectivity index (χ2n) is 4.04. The Morgan fingerprint density at radius 2 is 2.22 bits per heavy atom. The van der Waals surface area contributed by atoms with Crippen LogP contribution in [0.2, 0.25) is 0 Å². The van der Waals surface area contributed by atoms with E-state index in [9.17, 15) is 18.0 Å². The lowest BCUT2D eigenvalue weighted by molar-refractivity contribution is -0.170. The first-order valence-electron chi connectivity index (χ1n) is 5.48. The summed E-state index contributed by atoms with van der Waals surface area (Å²) < 4.78 is 46.0. The highest BCUT2D eigenvalue weighted by atomic mass is 19.4. The molecule has 1 aliphatic heterocycles. The van der Waals surface area contributed by atoms with Crippen molar-refractivity contribution >= 4 is 5.78 Å². The number of aromatic nitrogens is 2. The molecule has 1 aliphatic rings. The van der Waals surface area contributed by atoms with Crippen LogP contribution in [-0.2, 0) is 22.4 Å². The molecule has 1 aromatic rings. The van der Waals surface area contributed by atoms with E-state index in [1.807, 2.05) is 0 Å². The van der Waals surface area contributed by atoms with Gasteiger partial charge in [-0.05, 0) is 12.8 Å². The average Bonchev–Trinajstić information content (AvgIpc) is 2.89. The summed E-state index contributed by atoms with van der Waals surface area (Å²) in [6, 6.07) is 0. The number of Topliss-reactive ketones (excluding diaryl/α,β-unsaturated/α-hetero) is 1. The summed E-state index contributed by atoms with van der Waals surface area (Å²) in [6.07, 6.45) is -3.60. The van der Waals surface area contributed by atoms with Gasteiger partial charge in [-0.25, -0.2) is 0 Å². The van der Waals surface area contributed by atoms with Gasteiger partial charge in [0.2, 0.25) is 11.7 Å². The maximum absolute atomic E-state index is 12.0. The van der Waals surface area contributed by atoms with E-state index in [1.165, 1.54) is 0 Å². The molecular formula is C10H11F3N2O3. The summed E-state index contributed by atoms with van der Waals surface area (Å²) in [6.45, 7) is 0.669. The molecule has 0 radical (unpaired) electrons. The van der Waals surface area contributed by atoms with Crippen molar-refractivity contribution in [2.75, 3.05) is 6.61 Å². The van der Waals surface area contributed by atoms with Gasteiger partial charge in [0.05, 0.1) is 12.5 Å². The number of ether oxygens (including phenoxy) is 1. The van der Waals surface area contributed by atoms with E-state index in [0.717, 1.165) is 12.8 Å². The average molecular weight is 264 g/mol. The minimum absolute atomic E-state index is 0.0197. The Labute approximate surface area is 100 Å². The summed E-state index contributed by atoms with van der Waals surface area (Å²) >= 11 is 0. The number of ketones is 1. The van der Waals surface area contributed by atoms with Crippen molar-refractivity contribution in [3.8, 4) is 0 Å². The molecule has 0 amide bonds. The second-order valence-corrected chi connectivity index (χ2v) is 4.04. The van der Waals surface area contributed by atoms with Gasteiger partial charge in [-0.15, -0.1) is 0 Å². The number of nitrogens with zero attached hydrogens (tertiary/aromatic N) is 2. The summed E-state index contributed by atoms with van der Waals surface area (Å²) in [4.78, 5) is 14.5. The fraction of sp³-hybridized carbons (Fsp3) is 0.700.